The van der Waals surface area contributed by atoms with Crippen LogP contribution in [0.25, 0.3) is 32.8 Å². The van der Waals surface area contributed by atoms with Crippen LogP contribution >= 0.6 is 11.6 Å². The van der Waals surface area contributed by atoms with Crippen molar-refractivity contribution in [2.24, 2.45) is 0 Å². The largest absolute Gasteiger partial charge is 0.508 e. The third-order valence-corrected chi connectivity index (χ3v) is 8.27. The van der Waals surface area contributed by atoms with Crippen LogP contribution in [-0.2, 0) is 0 Å². The van der Waals surface area contributed by atoms with Crippen LogP contribution in [-0.4, -0.2) is 46.4 Å². The molecule has 0 amide bonds. The number of nitrogens with one attached hydrogen (secondary N) is 1. The minimum absolute atomic E-state index is 0.000486. The van der Waals surface area contributed by atoms with Gasteiger partial charge in [-0.15, -0.1) is 6.42 Å². The number of anilines is 1. The number of ether oxygens (including phenoxy) is 1. The zero-order chi connectivity index (χ0) is 25.6. The van der Waals surface area contributed by atoms with Crippen molar-refractivity contribution in [1.82, 2.24) is 15.3 Å². The van der Waals surface area contributed by atoms with Crippen LogP contribution < -0.4 is 15.0 Å². The van der Waals surface area contributed by atoms with E-state index in [4.69, 9.17) is 27.7 Å². The van der Waals surface area contributed by atoms with Gasteiger partial charge in [-0.05, 0) is 43.4 Å². The molecule has 37 heavy (non-hydrogen) atoms. The molecule has 2 N–H and O–H groups in total. The van der Waals surface area contributed by atoms with Crippen LogP contribution in [0.5, 0.6) is 11.6 Å². The summed E-state index contributed by atoms with van der Waals surface area (Å²) in [7, 11) is 0. The van der Waals surface area contributed by atoms with Gasteiger partial charge < -0.3 is 20.1 Å². The second-order valence-electron chi connectivity index (χ2n) is 9.90. The maximum Gasteiger partial charge on any atom is 0.226 e. The van der Waals surface area contributed by atoms with Crippen LogP contribution in [0, 0.1) is 30.9 Å². The fourth-order valence-electron chi connectivity index (χ4n) is 6.14. The van der Waals surface area contributed by atoms with Gasteiger partial charge in [0, 0.05) is 35.0 Å². The first-order chi connectivity index (χ1) is 17.9. The quantitative estimate of drug-likeness (QED) is 0.343. The lowest BCUT2D eigenvalue weighted by atomic mass is 9.95. The summed E-state index contributed by atoms with van der Waals surface area (Å²) in [5.41, 5.74) is 0.450. The van der Waals surface area contributed by atoms with Gasteiger partial charge >= 0.3 is 0 Å². The topological polar surface area (TPSA) is 70.5 Å². The number of terminal acetylenes is 1. The van der Waals surface area contributed by atoms with Gasteiger partial charge in [0.05, 0.1) is 27.7 Å². The molecule has 2 aromatic heterocycles. The summed E-state index contributed by atoms with van der Waals surface area (Å²) >= 11 is 6.69. The van der Waals surface area contributed by atoms with E-state index in [1.807, 2.05) is 0 Å². The molecular formula is C28H21ClF2N4O2. The molecule has 2 saturated heterocycles. The minimum atomic E-state index is -0.713. The molecule has 9 heteroatoms. The third kappa shape index (κ3) is 3.14. The number of phenolic OH excluding ortho intramolecular Hbond substituents is 1. The summed E-state index contributed by atoms with van der Waals surface area (Å²) in [5.74, 6) is 1.68. The molecule has 2 fully saturated rings. The summed E-state index contributed by atoms with van der Waals surface area (Å²) in [4.78, 5) is 11.6. The molecule has 6 nitrogen and oxygen atoms in total. The number of piperazine rings is 1. The third-order valence-electron chi connectivity index (χ3n) is 7.81. The average molecular weight is 519 g/mol. The van der Waals surface area contributed by atoms with Crippen molar-refractivity contribution in [2.75, 3.05) is 18.1 Å². The molecule has 186 valence electrons. The van der Waals surface area contributed by atoms with Crippen molar-refractivity contribution in [1.29, 1.82) is 0 Å². The Balaban J connectivity index is 1.57. The van der Waals surface area contributed by atoms with E-state index in [1.54, 1.807) is 6.92 Å². The van der Waals surface area contributed by atoms with Gasteiger partial charge in [-0.1, -0.05) is 23.6 Å². The number of nitrogens with zero attached hydrogens (tertiary/aromatic N) is 3. The number of hydrogen-bond acceptors (Lipinski definition) is 6. The van der Waals surface area contributed by atoms with E-state index in [9.17, 15) is 9.50 Å². The van der Waals surface area contributed by atoms with Gasteiger partial charge in [-0.25, -0.2) is 18.7 Å². The standard InChI is InChI=1S/C28H21ClF2N4O2/c1-3-16-18(30)6-4-13-8-15(36)9-17(21(13)16)26-25(31)22-23-27(32-12(2)24(22)29)35-10-14-5-7-19(33-14)20(35)11-37-28(23)34-26/h1,4,6,8-9,14,19-20,33,36H,5,7,10-11H2,2H3/t14-,19+,20-/m1/s1. The van der Waals surface area contributed by atoms with E-state index >= 15 is 4.39 Å². The van der Waals surface area contributed by atoms with E-state index in [-0.39, 0.29) is 56.3 Å². The lowest BCUT2D eigenvalue weighted by Crippen LogP contribution is -2.60. The molecule has 7 rings (SSSR count). The van der Waals surface area contributed by atoms with Crippen LogP contribution in [0.4, 0.5) is 14.6 Å². The van der Waals surface area contributed by atoms with Crippen molar-refractivity contribution < 1.29 is 18.6 Å². The molecule has 0 spiro atoms. The van der Waals surface area contributed by atoms with E-state index in [0.29, 0.717) is 34.9 Å². The number of aromatic hydroxyl groups is 1. The normalized spacial score (nSPS) is 22.0. The molecular weight excluding hydrogens is 498 g/mol. The first kappa shape index (κ1) is 22.5. The molecule has 2 bridgehead atoms. The lowest BCUT2D eigenvalue weighted by molar-refractivity contribution is 0.238. The molecule has 3 atom stereocenters. The van der Waals surface area contributed by atoms with Crippen molar-refractivity contribution in [3.8, 4) is 35.2 Å². The van der Waals surface area contributed by atoms with Crippen molar-refractivity contribution >= 4 is 39.0 Å². The average Bonchev–Trinajstić information content (AvgIpc) is 3.20. The number of fused-ring (bicyclic) bond motifs is 6. The highest BCUT2D eigenvalue weighted by Crippen LogP contribution is 2.47. The molecule has 3 aliphatic rings. The van der Waals surface area contributed by atoms with Crippen LogP contribution in [0.3, 0.4) is 0 Å². The van der Waals surface area contributed by atoms with Crippen molar-refractivity contribution in [2.45, 2.75) is 37.9 Å². The molecule has 3 aliphatic heterocycles. The van der Waals surface area contributed by atoms with Crippen LogP contribution in [0.2, 0.25) is 5.02 Å². The second kappa shape index (κ2) is 7.91. The van der Waals surface area contributed by atoms with Gasteiger partial charge in [-0.2, -0.15) is 0 Å². The summed E-state index contributed by atoms with van der Waals surface area (Å²) in [6.45, 7) is 2.79. The van der Waals surface area contributed by atoms with E-state index < -0.39 is 11.6 Å². The van der Waals surface area contributed by atoms with Gasteiger partial charge in [-0.3, -0.25) is 0 Å². The zero-order valence-corrected chi connectivity index (χ0v) is 20.5. The van der Waals surface area contributed by atoms with E-state index in [1.165, 1.54) is 24.3 Å². The molecule has 0 radical (unpaired) electrons. The number of halogens is 3. The first-order valence-corrected chi connectivity index (χ1v) is 12.5. The Morgan fingerprint density at radius 2 is 2.03 bits per heavy atom. The Bertz CT molecular complexity index is 1700. The van der Waals surface area contributed by atoms with E-state index in [2.05, 4.69) is 21.1 Å². The Hall–Kier alpha value is -3.67. The Labute approximate surface area is 216 Å². The predicted octanol–water partition coefficient (Wildman–Crippen LogP) is 5.08. The second-order valence-corrected chi connectivity index (χ2v) is 10.3. The van der Waals surface area contributed by atoms with E-state index in [0.717, 1.165) is 19.4 Å². The Morgan fingerprint density at radius 3 is 2.84 bits per heavy atom. The van der Waals surface area contributed by atoms with Crippen molar-refractivity contribution in [3.63, 3.8) is 0 Å². The fraction of sp³-hybridized carbons (Fsp3) is 0.286. The van der Waals surface area contributed by atoms with Crippen LogP contribution in [0.15, 0.2) is 24.3 Å². The lowest BCUT2D eigenvalue weighted by Gasteiger charge is -2.40. The van der Waals surface area contributed by atoms with Gasteiger partial charge in [0.15, 0.2) is 5.82 Å². The monoisotopic (exact) mass is 518 g/mol. The molecule has 0 saturated carbocycles. The molecule has 0 unspecified atom stereocenters. The highest BCUT2D eigenvalue weighted by atomic mass is 35.5. The number of benzene rings is 2. The highest BCUT2D eigenvalue weighted by molar-refractivity contribution is 6.37. The predicted molar refractivity (Wildman–Crippen MR) is 138 cm³/mol. The summed E-state index contributed by atoms with van der Waals surface area (Å²) in [6.07, 6.45) is 7.72. The van der Waals surface area contributed by atoms with Gasteiger partial charge in [0.1, 0.15) is 29.7 Å². The first-order valence-electron chi connectivity index (χ1n) is 12.1. The fourth-order valence-corrected chi connectivity index (χ4v) is 6.36. The van der Waals surface area contributed by atoms with Crippen molar-refractivity contribution in [3.05, 3.63) is 52.2 Å². The molecule has 0 aliphatic carbocycles. The number of rotatable bonds is 1. The maximum absolute atomic E-state index is 16.5. The smallest absolute Gasteiger partial charge is 0.226 e. The zero-order valence-electron chi connectivity index (χ0n) is 19.8. The summed E-state index contributed by atoms with van der Waals surface area (Å²) in [5, 5.41) is 15.5. The molecule has 4 aromatic rings. The number of aryl methyl sites for hydroxylation is 1. The number of hydrogen-bond donors (Lipinski definition) is 2. The number of pyridine rings is 2. The Kier molecular flexibility index (Phi) is 4.82. The molecule has 5 heterocycles. The summed E-state index contributed by atoms with van der Waals surface area (Å²) in [6, 6.07) is 6.03. The maximum atomic E-state index is 16.5. The van der Waals surface area contributed by atoms with Gasteiger partial charge in [0.2, 0.25) is 5.88 Å². The Morgan fingerprint density at radius 1 is 1.19 bits per heavy atom. The molecule has 2 aromatic carbocycles. The number of phenols is 1. The SMILES string of the molecule is C#Cc1c(F)ccc2cc(O)cc(-c3nc4c5c(nc(C)c(Cl)c5c3F)N3C[C@H]5CC[C@H](N5)[C@H]3CO4)c12. The van der Waals surface area contributed by atoms with Crippen LogP contribution in [0.1, 0.15) is 24.1 Å². The van der Waals surface area contributed by atoms with Gasteiger partial charge in [0.25, 0.3) is 0 Å². The highest BCUT2D eigenvalue weighted by Gasteiger charge is 2.44. The number of aromatic nitrogens is 2. The minimum Gasteiger partial charge on any atom is -0.508 e. The summed E-state index contributed by atoms with van der Waals surface area (Å²) < 4.78 is 37.5.